The maximum atomic E-state index is 10.3. The summed E-state index contributed by atoms with van der Waals surface area (Å²) in [5.41, 5.74) is 8.85. The Labute approximate surface area is 198 Å². The van der Waals surface area contributed by atoms with Crippen molar-refractivity contribution in [3.8, 4) is 0 Å². The van der Waals surface area contributed by atoms with Crippen molar-refractivity contribution in [2.45, 2.75) is 33.6 Å². The maximum absolute atomic E-state index is 10.3. The molecule has 0 radical (unpaired) electrons. The molecule has 1 aromatic rings. The molecular weight excluding hydrogens is 402 g/mol. The maximum Gasteiger partial charge on any atom is 0.105 e. The van der Waals surface area contributed by atoms with E-state index in [2.05, 4.69) is 80.4 Å². The second-order valence-corrected chi connectivity index (χ2v) is 9.47. The Hall–Kier alpha value is -3.52. The highest BCUT2D eigenvalue weighted by Crippen LogP contribution is 2.48. The average molecular weight is 436 g/mol. The summed E-state index contributed by atoms with van der Waals surface area (Å²) in [6, 6.07) is 8.40. The quantitative estimate of drug-likeness (QED) is 0.402. The van der Waals surface area contributed by atoms with E-state index >= 15 is 0 Å². The molecular formula is C31H33NO. The number of hydrogen-bond donors (Lipinski definition) is 2. The Kier molecular flexibility index (Phi) is 6.55. The summed E-state index contributed by atoms with van der Waals surface area (Å²) in [6.45, 7) is 10.3. The topological polar surface area (TPSA) is 32.3 Å². The van der Waals surface area contributed by atoms with Gasteiger partial charge in [0.25, 0.3) is 0 Å². The third-order valence-corrected chi connectivity index (χ3v) is 6.56. The summed E-state index contributed by atoms with van der Waals surface area (Å²) >= 11 is 0. The average Bonchev–Trinajstić information content (AvgIpc) is 3.36. The van der Waals surface area contributed by atoms with E-state index in [-0.39, 0.29) is 11.3 Å². The Morgan fingerprint density at radius 1 is 1.12 bits per heavy atom. The lowest BCUT2D eigenvalue weighted by Crippen LogP contribution is -2.24. The minimum absolute atomic E-state index is 0.161. The molecule has 4 rings (SSSR count). The molecule has 2 nitrogen and oxygen atoms in total. The SMILES string of the molecule is C=C/C=C(C)\C=C/C1C(O)=CC=C1Nc1ccc(C=CC2=CC(C)(C3=CC=C(C)C3)C2)cc1. The van der Waals surface area contributed by atoms with Crippen LogP contribution in [0, 0.1) is 11.3 Å². The van der Waals surface area contributed by atoms with Crippen molar-refractivity contribution >= 4 is 11.8 Å². The molecule has 2 heteroatoms. The molecule has 168 valence electrons. The van der Waals surface area contributed by atoms with Crippen LogP contribution < -0.4 is 5.32 Å². The summed E-state index contributed by atoms with van der Waals surface area (Å²) < 4.78 is 0. The van der Waals surface area contributed by atoms with Crippen LogP contribution in [0.3, 0.4) is 0 Å². The summed E-state index contributed by atoms with van der Waals surface area (Å²) in [7, 11) is 0. The van der Waals surface area contributed by atoms with Crippen LogP contribution in [0.5, 0.6) is 0 Å². The lowest BCUT2D eigenvalue weighted by atomic mass is 9.67. The number of anilines is 1. The van der Waals surface area contributed by atoms with E-state index in [0.717, 1.165) is 29.8 Å². The number of nitrogens with one attached hydrogen (secondary N) is 1. The molecule has 0 aliphatic heterocycles. The van der Waals surface area contributed by atoms with Crippen molar-refractivity contribution in [2.75, 3.05) is 5.32 Å². The van der Waals surface area contributed by atoms with Gasteiger partial charge in [-0.1, -0.05) is 97.0 Å². The molecule has 0 spiro atoms. The monoisotopic (exact) mass is 435 g/mol. The summed E-state index contributed by atoms with van der Waals surface area (Å²) in [6.07, 6.45) is 25.0. The molecule has 0 saturated carbocycles. The minimum Gasteiger partial charge on any atom is -0.511 e. The molecule has 0 aromatic heterocycles. The van der Waals surface area contributed by atoms with E-state index in [1.807, 2.05) is 31.2 Å². The van der Waals surface area contributed by atoms with Crippen LogP contribution in [0.15, 0.2) is 125 Å². The lowest BCUT2D eigenvalue weighted by Gasteiger charge is -2.37. The smallest absolute Gasteiger partial charge is 0.105 e. The fourth-order valence-corrected chi connectivity index (χ4v) is 4.57. The van der Waals surface area contributed by atoms with E-state index in [4.69, 9.17) is 0 Å². The van der Waals surface area contributed by atoms with Crippen molar-refractivity contribution < 1.29 is 5.11 Å². The molecule has 1 aromatic carbocycles. The van der Waals surface area contributed by atoms with Crippen molar-refractivity contribution in [1.29, 1.82) is 0 Å². The van der Waals surface area contributed by atoms with Crippen molar-refractivity contribution in [3.63, 3.8) is 0 Å². The second-order valence-electron chi connectivity index (χ2n) is 9.47. The number of hydrogen-bond acceptors (Lipinski definition) is 2. The molecule has 2 atom stereocenters. The van der Waals surface area contributed by atoms with Crippen LogP contribution in [0.25, 0.3) is 6.08 Å². The molecule has 0 saturated heterocycles. The fraction of sp³-hybridized carbons (Fsp3) is 0.226. The van der Waals surface area contributed by atoms with Gasteiger partial charge in [0, 0.05) is 16.8 Å². The van der Waals surface area contributed by atoms with Gasteiger partial charge in [-0.05, 0) is 62.1 Å². The third-order valence-electron chi connectivity index (χ3n) is 6.56. The highest BCUT2D eigenvalue weighted by Gasteiger charge is 2.35. The molecule has 3 aliphatic carbocycles. The molecule has 2 unspecified atom stereocenters. The lowest BCUT2D eigenvalue weighted by molar-refractivity contribution is 0.377. The highest BCUT2D eigenvalue weighted by molar-refractivity contribution is 5.61. The molecule has 0 fully saturated rings. The first-order chi connectivity index (χ1) is 15.9. The van der Waals surface area contributed by atoms with Crippen LogP contribution >= 0.6 is 0 Å². The van der Waals surface area contributed by atoms with Crippen molar-refractivity contribution in [2.24, 2.45) is 11.3 Å². The second kappa shape index (κ2) is 9.54. The van der Waals surface area contributed by atoms with Gasteiger partial charge < -0.3 is 10.4 Å². The molecule has 33 heavy (non-hydrogen) atoms. The van der Waals surface area contributed by atoms with Gasteiger partial charge in [0.05, 0.1) is 5.92 Å². The number of allylic oxidation sites excluding steroid dienone is 13. The van der Waals surface area contributed by atoms with Gasteiger partial charge >= 0.3 is 0 Å². The molecule has 0 amide bonds. The molecule has 0 bridgehead atoms. The predicted molar refractivity (Wildman–Crippen MR) is 142 cm³/mol. The first kappa shape index (κ1) is 22.7. The number of aliphatic hydroxyl groups is 1. The summed E-state index contributed by atoms with van der Waals surface area (Å²) in [5, 5.41) is 13.7. The van der Waals surface area contributed by atoms with Gasteiger partial charge in [-0.15, -0.1) is 0 Å². The van der Waals surface area contributed by atoms with Gasteiger partial charge in [0.2, 0.25) is 0 Å². The number of benzene rings is 1. The van der Waals surface area contributed by atoms with E-state index in [1.165, 1.54) is 22.3 Å². The van der Waals surface area contributed by atoms with Crippen molar-refractivity contribution in [3.05, 3.63) is 131 Å². The Balaban J connectivity index is 1.35. The Bertz CT molecular complexity index is 1180. The normalized spacial score (nSPS) is 24.9. The number of aliphatic hydroxyl groups excluding tert-OH is 1. The zero-order valence-corrected chi connectivity index (χ0v) is 19.8. The zero-order chi connectivity index (χ0) is 23.4. The summed E-state index contributed by atoms with van der Waals surface area (Å²) in [5.74, 6) is 0.186. The van der Waals surface area contributed by atoms with Crippen LogP contribution in [-0.4, -0.2) is 5.11 Å². The molecule has 0 heterocycles. The Morgan fingerprint density at radius 2 is 1.88 bits per heavy atom. The summed E-state index contributed by atoms with van der Waals surface area (Å²) in [4.78, 5) is 0. The van der Waals surface area contributed by atoms with E-state index in [1.54, 1.807) is 12.2 Å². The van der Waals surface area contributed by atoms with Crippen LogP contribution in [0.1, 0.15) is 39.2 Å². The predicted octanol–water partition coefficient (Wildman–Crippen LogP) is 8.37. The van der Waals surface area contributed by atoms with Gasteiger partial charge in [0.15, 0.2) is 0 Å². The standard InChI is InChI=1S/C31H33NO/c1-5-6-22(2)8-16-28-29(17-18-30(28)33)32-27-14-11-24(12-15-27)9-10-25-20-31(4,21-25)26-13-7-23(3)19-26/h5-18,20,28,32-33H,1,19,21H2,2-4H3/b10-9?,16-8-,22-6-. The molecule has 3 aliphatic rings. The molecule has 2 N–H and O–H groups in total. The largest absolute Gasteiger partial charge is 0.511 e. The van der Waals surface area contributed by atoms with E-state index in [9.17, 15) is 5.11 Å². The van der Waals surface area contributed by atoms with Gasteiger partial charge in [-0.2, -0.15) is 0 Å². The van der Waals surface area contributed by atoms with Crippen LogP contribution in [0.2, 0.25) is 0 Å². The minimum atomic E-state index is -0.161. The van der Waals surface area contributed by atoms with Gasteiger partial charge in [-0.3, -0.25) is 0 Å². The van der Waals surface area contributed by atoms with Gasteiger partial charge in [-0.25, -0.2) is 0 Å². The zero-order valence-electron chi connectivity index (χ0n) is 19.8. The number of rotatable bonds is 8. The highest BCUT2D eigenvalue weighted by atomic mass is 16.3. The van der Waals surface area contributed by atoms with E-state index < -0.39 is 0 Å². The van der Waals surface area contributed by atoms with Gasteiger partial charge in [0.1, 0.15) is 5.76 Å². The first-order valence-corrected chi connectivity index (χ1v) is 11.6. The van der Waals surface area contributed by atoms with Crippen LogP contribution in [-0.2, 0) is 0 Å². The van der Waals surface area contributed by atoms with E-state index in [0.29, 0.717) is 5.76 Å². The van der Waals surface area contributed by atoms with Crippen LogP contribution in [0.4, 0.5) is 5.69 Å². The van der Waals surface area contributed by atoms with Crippen molar-refractivity contribution in [1.82, 2.24) is 0 Å². The Morgan fingerprint density at radius 3 is 2.55 bits per heavy atom. The fourth-order valence-electron chi connectivity index (χ4n) is 4.57. The first-order valence-electron chi connectivity index (χ1n) is 11.6. The third kappa shape index (κ3) is 5.28.